The second-order valence-corrected chi connectivity index (χ2v) is 9.33. The molecule has 4 aromatic rings. The molecule has 0 amide bonds. The molecule has 1 nitrogen and oxygen atoms in total. The maximum Gasteiger partial charge on any atom is 0.432 e. The number of ether oxygens (including phenoxy) is 1. The Morgan fingerprint density at radius 1 is 0.632 bits per heavy atom. The summed E-state index contributed by atoms with van der Waals surface area (Å²) in [5.74, 6) is -10.7. The number of hydrogen-bond acceptors (Lipinski definition) is 1. The van der Waals surface area contributed by atoms with Gasteiger partial charge in [0.1, 0.15) is 28.8 Å². The molecule has 0 spiro atoms. The van der Waals surface area contributed by atoms with E-state index in [4.69, 9.17) is 0 Å². The largest absolute Gasteiger partial charge is 0.432 e. The highest BCUT2D eigenvalue weighted by Gasteiger charge is 2.41. The van der Waals surface area contributed by atoms with Crippen LogP contribution in [0.5, 0.6) is 5.75 Å². The van der Waals surface area contributed by atoms with Crippen LogP contribution in [0.3, 0.4) is 0 Å². The zero-order chi connectivity index (χ0) is 27.4. The first-order valence-electron chi connectivity index (χ1n) is 11.6. The number of alkyl halides is 2. The molecule has 196 valence electrons. The minimum Gasteiger partial charge on any atom is -0.429 e. The first kappa shape index (κ1) is 25.8. The molecular formula is C29H18F8O. The van der Waals surface area contributed by atoms with Crippen LogP contribution < -0.4 is 4.74 Å². The quantitative estimate of drug-likeness (QED) is 0.184. The summed E-state index contributed by atoms with van der Waals surface area (Å²) in [6.45, 7) is 2.14. The van der Waals surface area contributed by atoms with Gasteiger partial charge in [-0.15, -0.1) is 0 Å². The third-order valence-corrected chi connectivity index (χ3v) is 6.49. The number of benzene rings is 4. The van der Waals surface area contributed by atoms with Crippen LogP contribution in [0.1, 0.15) is 23.6 Å². The molecule has 0 aliphatic heterocycles. The monoisotopic (exact) mass is 534 g/mol. The van der Waals surface area contributed by atoms with E-state index in [2.05, 4.69) is 11.7 Å². The van der Waals surface area contributed by atoms with Crippen molar-refractivity contribution >= 4 is 0 Å². The standard InChI is InChI=1S/C29H18F8O/c1-14-6-15-2-3-16(8-18(15)7-14)17-4-5-21(22(30)9-17)19-10-23(31)27(24(32)11-19)29(36,37)38-20-12-25(33)28(35)26(34)13-20/h2-5,8-14H,6-7H2,1H3. The zero-order valence-corrected chi connectivity index (χ0v) is 19.7. The first-order chi connectivity index (χ1) is 17.9. The van der Waals surface area contributed by atoms with E-state index in [9.17, 15) is 30.7 Å². The van der Waals surface area contributed by atoms with Crippen molar-refractivity contribution in [1.82, 2.24) is 0 Å². The SMILES string of the molecule is CC1Cc2ccc(-c3ccc(-c4cc(F)c(C(F)(F)Oc5cc(F)c(F)c(F)c5)c(F)c4)c(F)c3)cc2C1. The second kappa shape index (κ2) is 9.45. The van der Waals surface area contributed by atoms with E-state index in [-0.39, 0.29) is 23.3 Å². The van der Waals surface area contributed by atoms with Gasteiger partial charge in [-0.2, -0.15) is 8.78 Å². The summed E-state index contributed by atoms with van der Waals surface area (Å²) in [5, 5.41) is 0. The van der Waals surface area contributed by atoms with Crippen LogP contribution >= 0.6 is 0 Å². The Morgan fingerprint density at radius 2 is 1.18 bits per heavy atom. The topological polar surface area (TPSA) is 9.23 Å². The minimum atomic E-state index is -4.74. The smallest absolute Gasteiger partial charge is 0.429 e. The molecule has 1 atom stereocenters. The van der Waals surface area contributed by atoms with E-state index in [0.29, 0.717) is 23.6 Å². The summed E-state index contributed by atoms with van der Waals surface area (Å²) >= 11 is 0. The second-order valence-electron chi connectivity index (χ2n) is 9.33. The average molecular weight is 534 g/mol. The average Bonchev–Trinajstić information content (AvgIpc) is 3.20. The van der Waals surface area contributed by atoms with Crippen molar-refractivity contribution in [3.63, 3.8) is 0 Å². The van der Waals surface area contributed by atoms with Crippen LogP contribution in [0.4, 0.5) is 35.1 Å². The lowest BCUT2D eigenvalue weighted by molar-refractivity contribution is -0.189. The molecule has 0 aromatic heterocycles. The van der Waals surface area contributed by atoms with Crippen molar-refractivity contribution in [3.8, 4) is 28.0 Å². The van der Waals surface area contributed by atoms with Gasteiger partial charge in [-0.05, 0) is 64.8 Å². The Kier molecular flexibility index (Phi) is 6.41. The predicted molar refractivity (Wildman–Crippen MR) is 125 cm³/mol. The summed E-state index contributed by atoms with van der Waals surface area (Å²) in [4.78, 5) is 0. The first-order valence-corrected chi connectivity index (χ1v) is 11.6. The van der Waals surface area contributed by atoms with Gasteiger partial charge in [-0.1, -0.05) is 37.3 Å². The van der Waals surface area contributed by atoms with E-state index < -0.39 is 52.3 Å². The van der Waals surface area contributed by atoms with Gasteiger partial charge in [0.05, 0.1) is 0 Å². The lowest BCUT2D eigenvalue weighted by atomic mass is 9.96. The molecule has 5 rings (SSSR count). The molecule has 0 N–H and O–H groups in total. The van der Waals surface area contributed by atoms with Crippen molar-refractivity contribution in [1.29, 1.82) is 0 Å². The van der Waals surface area contributed by atoms with Crippen LogP contribution in [-0.2, 0) is 19.0 Å². The highest BCUT2D eigenvalue weighted by molar-refractivity contribution is 5.72. The fourth-order valence-electron chi connectivity index (χ4n) is 4.74. The fourth-order valence-corrected chi connectivity index (χ4v) is 4.74. The molecule has 1 unspecified atom stereocenters. The van der Waals surface area contributed by atoms with Gasteiger partial charge in [0.2, 0.25) is 0 Å². The van der Waals surface area contributed by atoms with Crippen LogP contribution in [0.15, 0.2) is 60.7 Å². The van der Waals surface area contributed by atoms with Gasteiger partial charge in [0, 0.05) is 17.7 Å². The van der Waals surface area contributed by atoms with E-state index in [1.54, 1.807) is 6.07 Å². The van der Waals surface area contributed by atoms with E-state index in [0.717, 1.165) is 18.4 Å². The highest BCUT2D eigenvalue weighted by atomic mass is 19.3. The van der Waals surface area contributed by atoms with Gasteiger partial charge in [-0.25, -0.2) is 26.3 Å². The summed E-state index contributed by atoms with van der Waals surface area (Å²) in [5.41, 5.74) is 1.25. The van der Waals surface area contributed by atoms with E-state index in [1.165, 1.54) is 23.3 Å². The van der Waals surface area contributed by atoms with Crippen LogP contribution in [0, 0.1) is 40.8 Å². The molecule has 0 saturated carbocycles. The van der Waals surface area contributed by atoms with Crippen molar-refractivity contribution in [2.45, 2.75) is 25.9 Å². The third-order valence-electron chi connectivity index (χ3n) is 6.49. The number of hydrogen-bond donors (Lipinski definition) is 0. The molecule has 0 saturated heterocycles. The van der Waals surface area contributed by atoms with Crippen molar-refractivity contribution in [2.75, 3.05) is 0 Å². The van der Waals surface area contributed by atoms with Gasteiger partial charge in [0.25, 0.3) is 0 Å². The molecule has 0 fully saturated rings. The minimum absolute atomic E-state index is 0.106. The lowest BCUT2D eigenvalue weighted by Crippen LogP contribution is -2.25. The molecule has 1 aliphatic carbocycles. The van der Waals surface area contributed by atoms with Crippen molar-refractivity contribution < 1.29 is 39.9 Å². The highest BCUT2D eigenvalue weighted by Crippen LogP contribution is 2.39. The van der Waals surface area contributed by atoms with E-state index in [1.807, 2.05) is 18.2 Å². The summed E-state index contributed by atoms with van der Waals surface area (Å²) < 4.78 is 118. The molecule has 38 heavy (non-hydrogen) atoms. The maximum atomic E-state index is 15.0. The Morgan fingerprint density at radius 3 is 1.82 bits per heavy atom. The molecule has 4 aromatic carbocycles. The summed E-state index contributed by atoms with van der Waals surface area (Å²) in [6.07, 6.45) is -2.86. The van der Waals surface area contributed by atoms with Crippen molar-refractivity contribution in [2.24, 2.45) is 5.92 Å². The van der Waals surface area contributed by atoms with Crippen LogP contribution in [-0.4, -0.2) is 0 Å². The summed E-state index contributed by atoms with van der Waals surface area (Å²) in [6, 6.07) is 11.1. The zero-order valence-electron chi connectivity index (χ0n) is 19.7. The number of halogens is 8. The Labute approximate surface area is 212 Å². The Hall–Kier alpha value is -3.88. The normalized spacial score (nSPS) is 15.0. The molecular weight excluding hydrogens is 516 g/mol. The summed E-state index contributed by atoms with van der Waals surface area (Å²) in [7, 11) is 0. The molecule has 1 aliphatic rings. The molecule has 0 heterocycles. The van der Waals surface area contributed by atoms with Gasteiger partial charge in [0.15, 0.2) is 17.5 Å². The van der Waals surface area contributed by atoms with Gasteiger partial charge < -0.3 is 4.74 Å². The molecule has 9 heteroatoms. The Balaban J connectivity index is 1.45. The molecule has 0 radical (unpaired) electrons. The van der Waals surface area contributed by atoms with Crippen molar-refractivity contribution in [3.05, 3.63) is 112 Å². The lowest BCUT2D eigenvalue weighted by Gasteiger charge is -2.20. The predicted octanol–water partition coefficient (Wildman–Crippen LogP) is 8.72. The third kappa shape index (κ3) is 4.73. The molecule has 0 bridgehead atoms. The Bertz CT molecular complexity index is 1520. The van der Waals surface area contributed by atoms with Crippen LogP contribution in [0.2, 0.25) is 0 Å². The number of fused-ring (bicyclic) bond motifs is 1. The number of rotatable bonds is 5. The van der Waals surface area contributed by atoms with Crippen LogP contribution in [0.25, 0.3) is 22.3 Å². The fraction of sp³-hybridized carbons (Fsp3) is 0.172. The maximum absolute atomic E-state index is 15.0. The van der Waals surface area contributed by atoms with Gasteiger partial charge >= 0.3 is 6.11 Å². The van der Waals surface area contributed by atoms with E-state index >= 15 is 4.39 Å². The van der Waals surface area contributed by atoms with Gasteiger partial charge in [-0.3, -0.25) is 0 Å².